The van der Waals surface area contributed by atoms with Gasteiger partial charge in [-0.1, -0.05) is 13.3 Å². The lowest BCUT2D eigenvalue weighted by molar-refractivity contribution is -0.173. The highest BCUT2D eigenvalue weighted by atomic mass is 16.6. The smallest absolute Gasteiger partial charge is 0.316 e. The van der Waals surface area contributed by atoms with E-state index in [2.05, 4.69) is 18.9 Å². The largest absolute Gasteiger partial charge is 0.457 e. The minimum Gasteiger partial charge on any atom is -0.457 e. The first-order valence-electron chi connectivity index (χ1n) is 9.49. The highest BCUT2D eigenvalue weighted by Gasteiger charge is 2.41. The van der Waals surface area contributed by atoms with E-state index in [0.29, 0.717) is 44.8 Å². The zero-order valence-electron chi connectivity index (χ0n) is 15.8. The minimum atomic E-state index is -0.704. The van der Waals surface area contributed by atoms with Gasteiger partial charge in [0.15, 0.2) is 0 Å². The van der Waals surface area contributed by atoms with E-state index in [1.807, 2.05) is 0 Å². The van der Waals surface area contributed by atoms with Crippen LogP contribution < -0.4 is 0 Å². The van der Waals surface area contributed by atoms with E-state index in [1.54, 1.807) is 11.8 Å². The van der Waals surface area contributed by atoms with Gasteiger partial charge in [-0.05, 0) is 32.7 Å². The highest BCUT2D eigenvalue weighted by Crippen LogP contribution is 2.29. The summed E-state index contributed by atoms with van der Waals surface area (Å²) in [4.78, 5) is 39.8. The molecule has 2 saturated heterocycles. The molecule has 6 heteroatoms. The molecule has 6 nitrogen and oxygen atoms in total. The molecule has 142 valence electrons. The third-order valence-electron chi connectivity index (χ3n) is 5.56. The molecule has 0 aromatic rings. The SMILES string of the molecule is CC1CCCCC(=O)C(C)C(=O)OC2(CCN(C=O)CC2)CN(C)C1. The summed E-state index contributed by atoms with van der Waals surface area (Å²) in [5, 5.41) is 0. The van der Waals surface area contributed by atoms with Crippen LogP contribution in [0.4, 0.5) is 0 Å². The van der Waals surface area contributed by atoms with Crippen LogP contribution in [0.25, 0.3) is 0 Å². The standard InChI is InChI=1S/C19H32N2O4/c1-15-6-4-5-7-17(23)16(2)18(24)25-19(13-20(3)12-15)8-10-21(14-22)11-9-19/h14-16H,4-13H2,1-3H3. The van der Waals surface area contributed by atoms with Crippen LogP contribution in [0.2, 0.25) is 0 Å². The number of carbonyl (C=O) groups is 3. The molecule has 2 rings (SSSR count). The number of Topliss-reactive ketones (excluding diaryl/α,β-unsaturated/α-hetero) is 1. The average Bonchev–Trinajstić information content (AvgIpc) is 2.57. The molecule has 2 heterocycles. The zero-order chi connectivity index (χ0) is 18.4. The second-order valence-corrected chi connectivity index (χ2v) is 7.98. The molecule has 0 radical (unpaired) electrons. The first-order valence-corrected chi connectivity index (χ1v) is 9.49. The molecule has 0 N–H and O–H groups in total. The summed E-state index contributed by atoms with van der Waals surface area (Å²) in [6.07, 6.45) is 5.49. The first kappa shape index (κ1) is 19.9. The number of likely N-dealkylation sites (N-methyl/N-ethyl adjacent to an activating group) is 1. The Bertz CT molecular complexity index is 486. The Morgan fingerprint density at radius 1 is 1.16 bits per heavy atom. The normalized spacial score (nSPS) is 30.1. The second-order valence-electron chi connectivity index (χ2n) is 7.98. The van der Waals surface area contributed by atoms with Gasteiger partial charge in [0.25, 0.3) is 0 Å². The van der Waals surface area contributed by atoms with Crippen molar-refractivity contribution in [1.29, 1.82) is 0 Å². The molecule has 0 saturated carbocycles. The fourth-order valence-corrected chi connectivity index (χ4v) is 3.95. The number of piperidine rings is 1. The van der Waals surface area contributed by atoms with Gasteiger partial charge in [-0.3, -0.25) is 14.4 Å². The van der Waals surface area contributed by atoms with Gasteiger partial charge in [-0.2, -0.15) is 0 Å². The van der Waals surface area contributed by atoms with E-state index in [0.717, 1.165) is 32.2 Å². The molecule has 25 heavy (non-hydrogen) atoms. The molecular formula is C19H32N2O4. The number of carbonyl (C=O) groups excluding carboxylic acids is 3. The Labute approximate surface area is 150 Å². The Balaban J connectivity index is 2.17. The molecule has 2 aliphatic rings. The summed E-state index contributed by atoms with van der Waals surface area (Å²) < 4.78 is 5.93. The van der Waals surface area contributed by atoms with E-state index < -0.39 is 17.5 Å². The van der Waals surface area contributed by atoms with Gasteiger partial charge >= 0.3 is 5.97 Å². The maximum absolute atomic E-state index is 12.6. The molecular weight excluding hydrogens is 320 g/mol. The van der Waals surface area contributed by atoms with Gasteiger partial charge in [0.2, 0.25) is 6.41 Å². The molecule has 0 bridgehead atoms. The Morgan fingerprint density at radius 2 is 1.84 bits per heavy atom. The molecule has 2 aliphatic heterocycles. The van der Waals surface area contributed by atoms with Crippen LogP contribution in [0.3, 0.4) is 0 Å². The number of ether oxygens (including phenoxy) is 1. The summed E-state index contributed by atoms with van der Waals surface area (Å²) in [6, 6.07) is 0. The molecule has 2 atom stereocenters. The van der Waals surface area contributed by atoms with Crippen molar-refractivity contribution in [3.05, 3.63) is 0 Å². The van der Waals surface area contributed by atoms with Crippen molar-refractivity contribution in [2.24, 2.45) is 11.8 Å². The fourth-order valence-electron chi connectivity index (χ4n) is 3.95. The van der Waals surface area contributed by atoms with E-state index in [4.69, 9.17) is 4.74 Å². The quantitative estimate of drug-likeness (QED) is 0.409. The van der Waals surface area contributed by atoms with Crippen molar-refractivity contribution in [2.75, 3.05) is 33.2 Å². The molecule has 0 aliphatic carbocycles. The minimum absolute atomic E-state index is 0.0225. The van der Waals surface area contributed by atoms with Crippen LogP contribution in [0.5, 0.6) is 0 Å². The number of amides is 1. The molecule has 0 aromatic carbocycles. The van der Waals surface area contributed by atoms with Crippen LogP contribution in [0.1, 0.15) is 52.4 Å². The number of rotatable bonds is 1. The fraction of sp³-hybridized carbons (Fsp3) is 0.842. The van der Waals surface area contributed by atoms with Crippen molar-refractivity contribution in [1.82, 2.24) is 9.80 Å². The van der Waals surface area contributed by atoms with Gasteiger partial charge in [0.05, 0.1) is 0 Å². The van der Waals surface area contributed by atoms with Crippen molar-refractivity contribution in [2.45, 2.75) is 58.0 Å². The lowest BCUT2D eigenvalue weighted by atomic mass is 9.90. The summed E-state index contributed by atoms with van der Waals surface area (Å²) in [6.45, 7) is 6.65. The van der Waals surface area contributed by atoms with E-state index in [9.17, 15) is 14.4 Å². The van der Waals surface area contributed by atoms with Gasteiger partial charge < -0.3 is 14.5 Å². The molecule has 2 unspecified atom stereocenters. The van der Waals surface area contributed by atoms with Crippen molar-refractivity contribution >= 4 is 18.2 Å². The predicted molar refractivity (Wildman–Crippen MR) is 95.0 cm³/mol. The van der Waals surface area contributed by atoms with Crippen LogP contribution >= 0.6 is 0 Å². The number of nitrogens with zero attached hydrogens (tertiary/aromatic N) is 2. The number of esters is 1. The van der Waals surface area contributed by atoms with Crippen LogP contribution in [0, 0.1) is 11.8 Å². The second kappa shape index (κ2) is 8.79. The summed E-state index contributed by atoms with van der Waals surface area (Å²) in [7, 11) is 2.06. The lowest BCUT2D eigenvalue weighted by Crippen LogP contribution is -2.53. The third kappa shape index (κ3) is 5.53. The number of ketones is 1. The molecule has 0 aromatic heterocycles. The lowest BCUT2D eigenvalue weighted by Gasteiger charge is -2.42. The number of likely N-dealkylation sites (tertiary alicyclic amines) is 1. The zero-order valence-corrected chi connectivity index (χ0v) is 15.8. The third-order valence-corrected chi connectivity index (χ3v) is 5.56. The Kier molecular flexibility index (Phi) is 6.99. The van der Waals surface area contributed by atoms with Gasteiger partial charge in [-0.25, -0.2) is 0 Å². The van der Waals surface area contributed by atoms with Crippen molar-refractivity contribution in [3.63, 3.8) is 0 Å². The van der Waals surface area contributed by atoms with E-state index >= 15 is 0 Å². The Morgan fingerprint density at radius 3 is 2.48 bits per heavy atom. The predicted octanol–water partition coefficient (Wildman–Crippen LogP) is 1.87. The van der Waals surface area contributed by atoms with Crippen LogP contribution in [0.15, 0.2) is 0 Å². The average molecular weight is 352 g/mol. The molecule has 2 fully saturated rings. The summed E-state index contributed by atoms with van der Waals surface area (Å²) >= 11 is 0. The molecule has 1 spiro atoms. The summed E-state index contributed by atoms with van der Waals surface area (Å²) in [5.41, 5.74) is -0.604. The van der Waals surface area contributed by atoms with Crippen LogP contribution in [-0.2, 0) is 19.1 Å². The molecule has 1 amide bonds. The van der Waals surface area contributed by atoms with Gasteiger partial charge in [-0.15, -0.1) is 0 Å². The Hall–Kier alpha value is -1.43. The van der Waals surface area contributed by atoms with Crippen molar-refractivity contribution in [3.8, 4) is 0 Å². The topological polar surface area (TPSA) is 66.9 Å². The first-order chi connectivity index (χ1) is 11.8. The van der Waals surface area contributed by atoms with Gasteiger partial charge in [0.1, 0.15) is 17.3 Å². The van der Waals surface area contributed by atoms with E-state index in [-0.39, 0.29) is 5.78 Å². The van der Waals surface area contributed by atoms with E-state index in [1.165, 1.54) is 0 Å². The number of hydrogen-bond donors (Lipinski definition) is 0. The highest BCUT2D eigenvalue weighted by molar-refractivity contribution is 5.98. The van der Waals surface area contributed by atoms with Gasteiger partial charge in [0, 0.05) is 45.4 Å². The summed E-state index contributed by atoms with van der Waals surface area (Å²) in [5.74, 6) is -0.596. The van der Waals surface area contributed by atoms with Crippen LogP contribution in [-0.4, -0.2) is 66.8 Å². The monoisotopic (exact) mass is 352 g/mol. The number of hydrogen-bond acceptors (Lipinski definition) is 5. The maximum Gasteiger partial charge on any atom is 0.316 e. The maximum atomic E-state index is 12.6. The van der Waals surface area contributed by atoms with Crippen molar-refractivity contribution < 1.29 is 19.1 Å².